The minimum Gasteiger partial charge on any atom is -0.348 e. The van der Waals surface area contributed by atoms with E-state index in [1.165, 1.54) is 12.3 Å². The Labute approximate surface area is 148 Å². The second-order valence-electron chi connectivity index (χ2n) is 5.32. The summed E-state index contributed by atoms with van der Waals surface area (Å²) in [5.41, 5.74) is -0.0592. The van der Waals surface area contributed by atoms with Crippen molar-refractivity contribution in [2.24, 2.45) is 0 Å². The lowest BCUT2D eigenvalue weighted by Crippen LogP contribution is -2.33. The number of rotatable bonds is 6. The molecule has 26 heavy (non-hydrogen) atoms. The summed E-state index contributed by atoms with van der Waals surface area (Å²) in [4.78, 5) is 34.4. The molecule has 0 aliphatic heterocycles. The third kappa shape index (κ3) is 4.22. The van der Waals surface area contributed by atoms with Crippen LogP contribution in [0.3, 0.4) is 0 Å². The Kier molecular flexibility index (Phi) is 4.94. The number of fused-ring (bicyclic) bond motifs is 1. The van der Waals surface area contributed by atoms with Crippen molar-refractivity contribution in [3.05, 3.63) is 64.8 Å². The number of H-pyrrole nitrogens is 1. The van der Waals surface area contributed by atoms with E-state index in [9.17, 15) is 18.0 Å². The molecule has 3 aromatic rings. The van der Waals surface area contributed by atoms with Crippen molar-refractivity contribution >= 4 is 32.7 Å². The first kappa shape index (κ1) is 17.5. The standard InChI is InChI=1S/C16H15N5O4S/c22-15-11-5-1-2-6-12(11)19-14(20-15)16(23)18-9-10-26(24,25)21-13-7-3-4-8-17-13/h1-8H,9-10H2,(H,17,21)(H,18,23)(H,19,20,22). The highest BCUT2D eigenvalue weighted by molar-refractivity contribution is 7.92. The molecule has 0 fully saturated rings. The van der Waals surface area contributed by atoms with Gasteiger partial charge in [-0.15, -0.1) is 0 Å². The molecule has 0 saturated heterocycles. The van der Waals surface area contributed by atoms with Gasteiger partial charge in [-0.05, 0) is 24.3 Å². The zero-order valence-corrected chi connectivity index (χ0v) is 14.3. The number of hydrogen-bond donors (Lipinski definition) is 3. The molecule has 0 atom stereocenters. The van der Waals surface area contributed by atoms with Gasteiger partial charge in [-0.25, -0.2) is 18.4 Å². The smallest absolute Gasteiger partial charge is 0.287 e. The van der Waals surface area contributed by atoms with Crippen molar-refractivity contribution in [2.75, 3.05) is 17.0 Å². The van der Waals surface area contributed by atoms with Gasteiger partial charge >= 0.3 is 0 Å². The fourth-order valence-electron chi connectivity index (χ4n) is 2.21. The molecule has 1 amide bonds. The number of carbonyl (C=O) groups excluding carboxylic acids is 1. The lowest BCUT2D eigenvalue weighted by Gasteiger charge is -2.08. The number of nitrogens with zero attached hydrogens (tertiary/aromatic N) is 2. The minimum atomic E-state index is -3.67. The number of para-hydroxylation sites is 1. The highest BCUT2D eigenvalue weighted by Gasteiger charge is 2.14. The van der Waals surface area contributed by atoms with Crippen molar-refractivity contribution in [1.82, 2.24) is 20.3 Å². The van der Waals surface area contributed by atoms with E-state index in [-0.39, 0.29) is 23.9 Å². The number of aromatic amines is 1. The van der Waals surface area contributed by atoms with E-state index in [1.54, 1.807) is 36.4 Å². The first-order chi connectivity index (χ1) is 12.4. The van der Waals surface area contributed by atoms with Crippen LogP contribution >= 0.6 is 0 Å². The predicted octanol–water partition coefficient (Wildman–Crippen LogP) is 0.490. The topological polar surface area (TPSA) is 134 Å². The molecule has 1 aromatic carbocycles. The molecule has 0 unspecified atom stereocenters. The zero-order chi connectivity index (χ0) is 18.6. The lowest BCUT2D eigenvalue weighted by atomic mass is 10.2. The summed E-state index contributed by atoms with van der Waals surface area (Å²) in [6.45, 7) is -0.155. The second-order valence-corrected chi connectivity index (χ2v) is 7.17. The van der Waals surface area contributed by atoms with Crippen molar-refractivity contribution in [3.8, 4) is 0 Å². The summed E-state index contributed by atoms with van der Waals surface area (Å²) in [5.74, 6) is -1.00. The summed E-state index contributed by atoms with van der Waals surface area (Å²) in [7, 11) is -3.67. The Morgan fingerprint density at radius 1 is 1.12 bits per heavy atom. The zero-order valence-electron chi connectivity index (χ0n) is 13.5. The Morgan fingerprint density at radius 3 is 2.65 bits per heavy atom. The highest BCUT2D eigenvalue weighted by Crippen LogP contribution is 2.06. The number of benzene rings is 1. The monoisotopic (exact) mass is 373 g/mol. The number of anilines is 1. The number of aromatic nitrogens is 3. The molecular weight excluding hydrogens is 358 g/mol. The van der Waals surface area contributed by atoms with Crippen LogP contribution in [0.15, 0.2) is 53.5 Å². The molecule has 0 aliphatic rings. The number of carbonyl (C=O) groups is 1. The van der Waals surface area contributed by atoms with Crippen LogP contribution in [-0.2, 0) is 10.0 Å². The van der Waals surface area contributed by atoms with Crippen LogP contribution in [0.1, 0.15) is 10.6 Å². The maximum absolute atomic E-state index is 12.1. The molecule has 134 valence electrons. The van der Waals surface area contributed by atoms with Gasteiger partial charge in [-0.2, -0.15) is 0 Å². The third-order valence-electron chi connectivity index (χ3n) is 3.41. The average molecular weight is 373 g/mol. The Balaban J connectivity index is 1.63. The SMILES string of the molecule is O=C(NCCS(=O)(=O)Nc1ccccn1)c1nc2ccccc2c(=O)[nH]1. The summed E-state index contributed by atoms with van der Waals surface area (Å²) < 4.78 is 26.2. The first-order valence-electron chi connectivity index (χ1n) is 7.63. The quantitative estimate of drug-likeness (QED) is 0.576. The van der Waals surface area contributed by atoms with Gasteiger partial charge in [0, 0.05) is 12.7 Å². The average Bonchev–Trinajstić information content (AvgIpc) is 2.62. The van der Waals surface area contributed by atoms with E-state index < -0.39 is 21.5 Å². The van der Waals surface area contributed by atoms with Gasteiger partial charge in [0.15, 0.2) is 5.82 Å². The minimum absolute atomic E-state index is 0.155. The Bertz CT molecular complexity index is 1100. The molecule has 0 radical (unpaired) electrons. The first-order valence-corrected chi connectivity index (χ1v) is 9.29. The van der Waals surface area contributed by atoms with Gasteiger partial charge < -0.3 is 10.3 Å². The van der Waals surface area contributed by atoms with Crippen LogP contribution in [0.2, 0.25) is 0 Å². The van der Waals surface area contributed by atoms with E-state index in [0.29, 0.717) is 10.9 Å². The Morgan fingerprint density at radius 2 is 1.88 bits per heavy atom. The van der Waals surface area contributed by atoms with E-state index in [2.05, 4.69) is 25.0 Å². The van der Waals surface area contributed by atoms with Gasteiger partial charge in [-0.3, -0.25) is 14.3 Å². The third-order valence-corrected chi connectivity index (χ3v) is 4.67. The maximum atomic E-state index is 12.1. The fourth-order valence-corrected chi connectivity index (χ4v) is 3.12. The van der Waals surface area contributed by atoms with Crippen LogP contribution in [-0.4, -0.2) is 41.6 Å². The lowest BCUT2D eigenvalue weighted by molar-refractivity contribution is 0.0946. The molecule has 3 rings (SSSR count). The normalized spacial score (nSPS) is 11.2. The second kappa shape index (κ2) is 7.31. The predicted molar refractivity (Wildman–Crippen MR) is 96.3 cm³/mol. The molecule has 0 bridgehead atoms. The van der Waals surface area contributed by atoms with Crippen molar-refractivity contribution < 1.29 is 13.2 Å². The molecule has 2 aromatic heterocycles. The van der Waals surface area contributed by atoms with Gasteiger partial charge in [0.1, 0.15) is 5.82 Å². The van der Waals surface area contributed by atoms with E-state index >= 15 is 0 Å². The maximum Gasteiger partial charge on any atom is 0.287 e. The summed E-state index contributed by atoms with van der Waals surface area (Å²) in [5, 5.41) is 2.79. The molecule has 2 heterocycles. The summed E-state index contributed by atoms with van der Waals surface area (Å²) in [6, 6.07) is 11.4. The largest absolute Gasteiger partial charge is 0.348 e. The summed E-state index contributed by atoms with van der Waals surface area (Å²) in [6.07, 6.45) is 1.46. The van der Waals surface area contributed by atoms with Gasteiger partial charge in [0.2, 0.25) is 10.0 Å². The van der Waals surface area contributed by atoms with Gasteiger partial charge in [-0.1, -0.05) is 18.2 Å². The van der Waals surface area contributed by atoms with Crippen LogP contribution < -0.4 is 15.6 Å². The molecular formula is C16H15N5O4S. The number of amides is 1. The molecule has 0 aliphatic carbocycles. The van der Waals surface area contributed by atoms with Crippen LogP contribution in [0, 0.1) is 0 Å². The molecule has 0 saturated carbocycles. The van der Waals surface area contributed by atoms with Crippen LogP contribution in [0.5, 0.6) is 0 Å². The molecule has 3 N–H and O–H groups in total. The number of hydrogen-bond acceptors (Lipinski definition) is 6. The molecule has 9 nitrogen and oxygen atoms in total. The molecule has 0 spiro atoms. The molecule has 10 heteroatoms. The van der Waals surface area contributed by atoms with Crippen molar-refractivity contribution in [3.63, 3.8) is 0 Å². The highest BCUT2D eigenvalue weighted by atomic mass is 32.2. The van der Waals surface area contributed by atoms with Gasteiger partial charge in [0.25, 0.3) is 11.5 Å². The Hall–Kier alpha value is -3.27. The number of sulfonamides is 1. The van der Waals surface area contributed by atoms with Crippen LogP contribution in [0.4, 0.5) is 5.82 Å². The van der Waals surface area contributed by atoms with Crippen LogP contribution in [0.25, 0.3) is 10.9 Å². The van der Waals surface area contributed by atoms with Gasteiger partial charge in [0.05, 0.1) is 16.7 Å². The number of nitrogens with one attached hydrogen (secondary N) is 3. The van der Waals surface area contributed by atoms with E-state index in [0.717, 1.165) is 0 Å². The van der Waals surface area contributed by atoms with E-state index in [4.69, 9.17) is 0 Å². The van der Waals surface area contributed by atoms with E-state index in [1.807, 2.05) is 0 Å². The number of pyridine rings is 1. The van der Waals surface area contributed by atoms with Crippen molar-refractivity contribution in [1.29, 1.82) is 0 Å². The fraction of sp³-hybridized carbons (Fsp3) is 0.125. The van der Waals surface area contributed by atoms with Crippen molar-refractivity contribution in [2.45, 2.75) is 0 Å². The summed E-state index contributed by atoms with van der Waals surface area (Å²) >= 11 is 0.